The van der Waals surface area contributed by atoms with Crippen molar-refractivity contribution < 1.29 is 9.63 Å². The van der Waals surface area contributed by atoms with Gasteiger partial charge in [0, 0.05) is 6.42 Å². The Morgan fingerprint density at radius 3 is 2.81 bits per heavy atom. The summed E-state index contributed by atoms with van der Waals surface area (Å²) in [6.07, 6.45) is 0.995. The normalized spacial score (nSPS) is 10.1. The van der Waals surface area contributed by atoms with Gasteiger partial charge in [0.2, 0.25) is 5.91 Å². The smallest absolute Gasteiger partial charge is 0.243 e. The van der Waals surface area contributed by atoms with Gasteiger partial charge in [0.05, 0.1) is 6.61 Å². The van der Waals surface area contributed by atoms with Crippen LogP contribution in [-0.4, -0.2) is 12.5 Å². The van der Waals surface area contributed by atoms with E-state index in [-0.39, 0.29) is 5.91 Å². The monoisotopic (exact) mass is 241 g/mol. The number of rotatable bonds is 7. The van der Waals surface area contributed by atoms with Crippen LogP contribution in [0.2, 0.25) is 0 Å². The molecular formula is C11H14ClN2O2-. The molecule has 0 fully saturated rings. The van der Waals surface area contributed by atoms with Crippen LogP contribution < -0.4 is 5.48 Å². The number of amides is 1. The standard InChI is InChI=1S/C11H14ClN2O2/c12-13-8-4-7-11(15)14-16-9-10-5-2-1-3-6-10/h1-3,5-6H,4,7-9H2,(H,14,15)/q-1. The van der Waals surface area contributed by atoms with E-state index in [1.165, 1.54) is 0 Å². The molecule has 4 nitrogen and oxygen atoms in total. The van der Waals surface area contributed by atoms with E-state index >= 15 is 0 Å². The molecule has 1 rings (SSSR count). The summed E-state index contributed by atoms with van der Waals surface area (Å²) in [6.45, 7) is 0.847. The van der Waals surface area contributed by atoms with Crippen LogP contribution in [0.25, 0.3) is 4.84 Å². The van der Waals surface area contributed by atoms with Crippen molar-refractivity contribution in [2.24, 2.45) is 0 Å². The van der Waals surface area contributed by atoms with Crippen molar-refractivity contribution in [2.45, 2.75) is 19.4 Å². The summed E-state index contributed by atoms with van der Waals surface area (Å²) in [5, 5.41) is 0. The summed E-state index contributed by atoms with van der Waals surface area (Å²) in [5.41, 5.74) is 3.38. The second-order valence-electron chi connectivity index (χ2n) is 3.25. The Bertz CT molecular complexity index is 306. The maximum Gasteiger partial charge on any atom is 0.243 e. The van der Waals surface area contributed by atoms with Crippen molar-refractivity contribution in [1.29, 1.82) is 0 Å². The lowest BCUT2D eigenvalue weighted by atomic mass is 10.2. The molecule has 0 saturated carbocycles. The fourth-order valence-corrected chi connectivity index (χ4v) is 1.24. The number of carbonyl (C=O) groups is 1. The molecule has 0 saturated heterocycles. The fourth-order valence-electron chi connectivity index (χ4n) is 1.12. The fraction of sp³-hybridized carbons (Fsp3) is 0.364. The van der Waals surface area contributed by atoms with E-state index < -0.39 is 0 Å². The Hall–Kier alpha value is -1.10. The first-order valence-corrected chi connectivity index (χ1v) is 5.39. The average molecular weight is 242 g/mol. The van der Waals surface area contributed by atoms with E-state index in [1.54, 1.807) is 0 Å². The van der Waals surface area contributed by atoms with Gasteiger partial charge in [-0.3, -0.25) is 21.4 Å². The third-order valence-electron chi connectivity index (χ3n) is 1.91. The predicted molar refractivity (Wildman–Crippen MR) is 62.7 cm³/mol. The zero-order valence-corrected chi connectivity index (χ0v) is 9.61. The Labute approximate surface area is 100.0 Å². The van der Waals surface area contributed by atoms with Gasteiger partial charge in [0.25, 0.3) is 0 Å². The van der Waals surface area contributed by atoms with Crippen LogP contribution in [0.4, 0.5) is 0 Å². The number of carbonyl (C=O) groups excluding carboxylic acids is 1. The topological polar surface area (TPSA) is 52.4 Å². The van der Waals surface area contributed by atoms with Gasteiger partial charge in [0.15, 0.2) is 0 Å². The molecule has 0 heterocycles. The number of hydroxylamine groups is 1. The predicted octanol–water partition coefficient (Wildman–Crippen LogP) is 2.54. The maximum absolute atomic E-state index is 11.2. The first-order chi connectivity index (χ1) is 7.83. The summed E-state index contributed by atoms with van der Waals surface area (Å²) in [6, 6.07) is 9.62. The Morgan fingerprint density at radius 2 is 2.12 bits per heavy atom. The van der Waals surface area contributed by atoms with Gasteiger partial charge in [-0.15, -0.1) is 6.54 Å². The van der Waals surface area contributed by atoms with Crippen LogP contribution >= 0.6 is 11.8 Å². The molecule has 0 aromatic heterocycles. The lowest BCUT2D eigenvalue weighted by Gasteiger charge is -2.09. The highest BCUT2D eigenvalue weighted by Gasteiger charge is 1.98. The van der Waals surface area contributed by atoms with Crippen LogP contribution in [0.5, 0.6) is 0 Å². The minimum atomic E-state index is -0.156. The summed E-state index contributed by atoms with van der Waals surface area (Å²) < 4.78 is 0. The summed E-state index contributed by atoms with van der Waals surface area (Å²) in [7, 11) is 0. The Morgan fingerprint density at radius 1 is 1.38 bits per heavy atom. The van der Waals surface area contributed by atoms with Crippen molar-refractivity contribution >= 4 is 17.7 Å². The minimum Gasteiger partial charge on any atom is -0.575 e. The van der Waals surface area contributed by atoms with Crippen LogP contribution in [0.1, 0.15) is 18.4 Å². The van der Waals surface area contributed by atoms with Crippen molar-refractivity contribution in [1.82, 2.24) is 5.48 Å². The summed E-state index contributed by atoms with van der Waals surface area (Å²) in [4.78, 5) is 19.6. The lowest BCUT2D eigenvalue weighted by molar-refractivity contribution is -0.134. The number of halogens is 1. The molecule has 0 aliphatic rings. The van der Waals surface area contributed by atoms with E-state index in [0.717, 1.165) is 5.56 Å². The van der Waals surface area contributed by atoms with Gasteiger partial charge in [0.1, 0.15) is 0 Å². The Kier molecular flexibility index (Phi) is 6.56. The zero-order chi connectivity index (χ0) is 11.6. The highest BCUT2D eigenvalue weighted by molar-refractivity contribution is 6.24. The highest BCUT2D eigenvalue weighted by Crippen LogP contribution is 2.00. The lowest BCUT2D eigenvalue weighted by Crippen LogP contribution is -2.23. The molecule has 0 atom stereocenters. The van der Waals surface area contributed by atoms with E-state index in [0.29, 0.717) is 26.0 Å². The zero-order valence-electron chi connectivity index (χ0n) is 8.86. The number of hydrogen-bond acceptors (Lipinski definition) is 2. The largest absolute Gasteiger partial charge is 0.575 e. The molecule has 88 valence electrons. The van der Waals surface area contributed by atoms with Gasteiger partial charge in [-0.1, -0.05) is 36.8 Å². The molecule has 1 N–H and O–H groups in total. The molecule has 5 heteroatoms. The number of benzene rings is 1. The molecular weight excluding hydrogens is 228 g/mol. The summed E-state index contributed by atoms with van der Waals surface area (Å²) >= 11 is 5.13. The molecule has 0 unspecified atom stereocenters. The van der Waals surface area contributed by atoms with Gasteiger partial charge < -0.3 is 4.84 Å². The number of nitrogens with zero attached hydrogens (tertiary/aromatic N) is 1. The average Bonchev–Trinajstić information content (AvgIpc) is 2.31. The number of hydrogen-bond donors (Lipinski definition) is 1. The molecule has 0 aliphatic carbocycles. The third kappa shape index (κ3) is 5.70. The molecule has 0 bridgehead atoms. The molecule has 0 radical (unpaired) electrons. The van der Waals surface area contributed by atoms with E-state index in [9.17, 15) is 4.79 Å². The van der Waals surface area contributed by atoms with Crippen molar-refractivity contribution in [2.75, 3.05) is 6.54 Å². The van der Waals surface area contributed by atoms with Crippen molar-refractivity contribution in [3.8, 4) is 0 Å². The second kappa shape index (κ2) is 8.10. The SMILES string of the molecule is O=C(CCC[N-]Cl)NOCc1ccccc1. The molecule has 0 aliphatic heterocycles. The quantitative estimate of drug-likeness (QED) is 0.589. The van der Waals surface area contributed by atoms with E-state index in [2.05, 4.69) is 10.3 Å². The van der Waals surface area contributed by atoms with Crippen molar-refractivity contribution in [3.05, 3.63) is 40.7 Å². The molecule has 0 spiro atoms. The molecule has 16 heavy (non-hydrogen) atoms. The number of nitrogens with one attached hydrogen (secondary N) is 1. The van der Waals surface area contributed by atoms with Crippen LogP contribution in [-0.2, 0) is 16.2 Å². The first-order valence-electron chi connectivity index (χ1n) is 5.05. The van der Waals surface area contributed by atoms with Gasteiger partial charge in [-0.25, -0.2) is 5.48 Å². The Balaban J connectivity index is 2.09. The van der Waals surface area contributed by atoms with E-state index in [4.69, 9.17) is 16.6 Å². The van der Waals surface area contributed by atoms with Gasteiger partial charge in [-0.2, -0.15) is 0 Å². The van der Waals surface area contributed by atoms with Crippen molar-refractivity contribution in [3.63, 3.8) is 0 Å². The first kappa shape index (κ1) is 13.0. The minimum absolute atomic E-state index is 0.156. The summed E-state index contributed by atoms with van der Waals surface area (Å²) in [5.74, 6) is -0.156. The maximum atomic E-state index is 11.2. The van der Waals surface area contributed by atoms with Gasteiger partial charge in [-0.05, 0) is 5.56 Å². The molecule has 1 amide bonds. The van der Waals surface area contributed by atoms with Gasteiger partial charge >= 0.3 is 0 Å². The molecule has 1 aromatic carbocycles. The van der Waals surface area contributed by atoms with E-state index in [1.807, 2.05) is 30.3 Å². The van der Waals surface area contributed by atoms with Crippen LogP contribution in [0.15, 0.2) is 30.3 Å². The molecule has 1 aromatic rings. The second-order valence-corrected chi connectivity index (χ2v) is 3.49. The highest BCUT2D eigenvalue weighted by atomic mass is 35.5. The third-order valence-corrected chi connectivity index (χ3v) is 2.08. The van der Waals surface area contributed by atoms with Crippen LogP contribution in [0, 0.1) is 0 Å². The van der Waals surface area contributed by atoms with Crippen LogP contribution in [0.3, 0.4) is 0 Å².